The van der Waals surface area contributed by atoms with E-state index in [1.165, 1.54) is 4.90 Å². The zero-order valence-corrected chi connectivity index (χ0v) is 9.16. The van der Waals surface area contributed by atoms with Crippen LogP contribution in [-0.4, -0.2) is 26.8 Å². The van der Waals surface area contributed by atoms with Gasteiger partial charge in [-0.1, -0.05) is 17.8 Å². The van der Waals surface area contributed by atoms with E-state index in [2.05, 4.69) is 10.4 Å². The van der Waals surface area contributed by atoms with Crippen LogP contribution in [0.25, 0.3) is 0 Å². The van der Waals surface area contributed by atoms with Gasteiger partial charge in [-0.3, -0.25) is 14.5 Å². The minimum atomic E-state index is -0.224. The fraction of sp³-hybridized carbons (Fsp3) is 0.222. The molecule has 7 heteroatoms. The molecule has 0 unspecified atom stereocenters. The molecule has 0 spiro atoms. The third kappa shape index (κ3) is 2.15. The summed E-state index contributed by atoms with van der Waals surface area (Å²) < 4.78 is 0. The Hall–Kier alpha value is -1.60. The average Bonchev–Trinajstić information content (AvgIpc) is 2.61. The Kier molecular flexibility index (Phi) is 3.07. The van der Waals surface area contributed by atoms with Gasteiger partial charge in [0.05, 0.1) is 18.0 Å². The number of aromatic nitrogens is 1. The van der Waals surface area contributed by atoms with Gasteiger partial charge in [0.15, 0.2) is 0 Å². The van der Waals surface area contributed by atoms with Crippen LogP contribution >= 0.6 is 11.8 Å². The van der Waals surface area contributed by atoms with Crippen LogP contribution in [0.5, 0.6) is 0 Å². The van der Waals surface area contributed by atoms with Crippen molar-refractivity contribution in [2.45, 2.75) is 6.54 Å². The average molecular weight is 238 g/mol. The van der Waals surface area contributed by atoms with Crippen molar-refractivity contribution in [1.82, 2.24) is 9.88 Å². The van der Waals surface area contributed by atoms with E-state index in [9.17, 15) is 9.59 Å². The summed E-state index contributed by atoms with van der Waals surface area (Å²) in [4.78, 5) is 28.0. The molecule has 3 N–H and O–H groups in total. The molecule has 2 heterocycles. The summed E-state index contributed by atoms with van der Waals surface area (Å²) in [6.07, 6.45) is 0. The normalized spacial score (nSPS) is 15.7. The zero-order chi connectivity index (χ0) is 11.5. The van der Waals surface area contributed by atoms with E-state index < -0.39 is 0 Å². The van der Waals surface area contributed by atoms with Crippen LogP contribution in [0.3, 0.4) is 0 Å². The lowest BCUT2D eigenvalue weighted by Crippen LogP contribution is -2.28. The standard InChI is InChI=1S/C9H10N4O2S/c10-12-7-3-1-2-6(11-7)4-13-8(14)5-16-9(13)15/h1-3H,4-5,10H2,(H,11,12). The van der Waals surface area contributed by atoms with Crippen molar-refractivity contribution in [3.05, 3.63) is 23.9 Å². The molecule has 1 aromatic heterocycles. The van der Waals surface area contributed by atoms with Gasteiger partial charge in [0.2, 0.25) is 5.91 Å². The van der Waals surface area contributed by atoms with E-state index >= 15 is 0 Å². The van der Waals surface area contributed by atoms with Gasteiger partial charge in [0.25, 0.3) is 5.24 Å². The van der Waals surface area contributed by atoms with Gasteiger partial charge in [-0.2, -0.15) is 0 Å². The first-order valence-corrected chi connectivity index (χ1v) is 5.59. The monoisotopic (exact) mass is 238 g/mol. The molecule has 1 aliphatic rings. The summed E-state index contributed by atoms with van der Waals surface area (Å²) in [6.45, 7) is 0.195. The number of amides is 2. The Labute approximate surface area is 96.2 Å². The Morgan fingerprint density at radius 3 is 2.94 bits per heavy atom. The quantitative estimate of drug-likeness (QED) is 0.591. The van der Waals surface area contributed by atoms with Gasteiger partial charge in [-0.15, -0.1) is 0 Å². The number of nitrogens with two attached hydrogens (primary N) is 1. The van der Waals surface area contributed by atoms with E-state index in [1.54, 1.807) is 18.2 Å². The maximum absolute atomic E-state index is 11.4. The number of thioether (sulfide) groups is 1. The van der Waals surface area contributed by atoms with Crippen molar-refractivity contribution in [1.29, 1.82) is 0 Å². The van der Waals surface area contributed by atoms with E-state index in [-0.39, 0.29) is 23.4 Å². The van der Waals surface area contributed by atoms with Crippen molar-refractivity contribution in [3.63, 3.8) is 0 Å². The summed E-state index contributed by atoms with van der Waals surface area (Å²) in [5, 5.41) is -0.224. The highest BCUT2D eigenvalue weighted by atomic mass is 32.2. The number of hydrazine groups is 1. The Bertz CT molecular complexity index is 421. The highest BCUT2D eigenvalue weighted by Crippen LogP contribution is 2.20. The molecule has 16 heavy (non-hydrogen) atoms. The second-order valence-electron chi connectivity index (χ2n) is 3.19. The number of hydrogen-bond acceptors (Lipinski definition) is 6. The molecule has 2 amide bonds. The largest absolute Gasteiger partial charge is 0.308 e. The number of rotatable bonds is 3. The highest BCUT2D eigenvalue weighted by molar-refractivity contribution is 8.14. The molecule has 1 aromatic rings. The lowest BCUT2D eigenvalue weighted by Gasteiger charge is -2.12. The van der Waals surface area contributed by atoms with Gasteiger partial charge < -0.3 is 5.43 Å². The topological polar surface area (TPSA) is 88.3 Å². The van der Waals surface area contributed by atoms with Crippen LogP contribution in [0.1, 0.15) is 5.69 Å². The summed E-state index contributed by atoms with van der Waals surface area (Å²) in [5.41, 5.74) is 3.03. The van der Waals surface area contributed by atoms with Gasteiger partial charge >= 0.3 is 0 Å². The fourth-order valence-electron chi connectivity index (χ4n) is 1.34. The third-order valence-corrected chi connectivity index (χ3v) is 2.97. The number of pyridine rings is 1. The lowest BCUT2D eigenvalue weighted by molar-refractivity contribution is -0.125. The second-order valence-corrected chi connectivity index (χ2v) is 4.12. The predicted octanol–water partition coefficient (Wildman–Crippen LogP) is 0.563. The number of imide groups is 1. The number of hydrogen-bond donors (Lipinski definition) is 2. The Morgan fingerprint density at radius 2 is 2.31 bits per heavy atom. The van der Waals surface area contributed by atoms with Crippen LogP contribution in [-0.2, 0) is 11.3 Å². The number of nitrogens with one attached hydrogen (secondary N) is 1. The molecule has 0 radical (unpaired) electrons. The summed E-state index contributed by atoms with van der Waals surface area (Å²) in [5.74, 6) is 5.76. The maximum Gasteiger partial charge on any atom is 0.289 e. The van der Waals surface area contributed by atoms with Gasteiger partial charge in [-0.25, -0.2) is 10.8 Å². The molecule has 0 bridgehead atoms. The van der Waals surface area contributed by atoms with E-state index in [0.29, 0.717) is 11.5 Å². The summed E-state index contributed by atoms with van der Waals surface area (Å²) >= 11 is 1.01. The molecule has 2 rings (SSSR count). The minimum absolute atomic E-state index is 0.178. The molecule has 6 nitrogen and oxygen atoms in total. The van der Waals surface area contributed by atoms with Gasteiger partial charge in [0.1, 0.15) is 5.82 Å². The van der Waals surface area contributed by atoms with Crippen LogP contribution in [0.15, 0.2) is 18.2 Å². The van der Waals surface area contributed by atoms with Crippen LogP contribution in [0.4, 0.5) is 10.6 Å². The first-order chi connectivity index (χ1) is 7.70. The van der Waals surface area contributed by atoms with Crippen molar-refractivity contribution < 1.29 is 9.59 Å². The number of carbonyl (C=O) groups is 2. The van der Waals surface area contributed by atoms with Crippen LogP contribution in [0, 0.1) is 0 Å². The second kappa shape index (κ2) is 4.50. The molecule has 1 saturated heterocycles. The van der Waals surface area contributed by atoms with Crippen molar-refractivity contribution >= 4 is 28.7 Å². The molecule has 1 fully saturated rings. The smallest absolute Gasteiger partial charge is 0.289 e. The fourth-order valence-corrected chi connectivity index (χ4v) is 2.07. The summed E-state index contributed by atoms with van der Waals surface area (Å²) in [7, 11) is 0. The molecule has 0 aromatic carbocycles. The van der Waals surface area contributed by atoms with Crippen molar-refractivity contribution in [2.75, 3.05) is 11.2 Å². The van der Waals surface area contributed by atoms with E-state index in [4.69, 9.17) is 5.84 Å². The summed E-state index contributed by atoms with van der Waals surface area (Å²) in [6, 6.07) is 5.20. The van der Waals surface area contributed by atoms with Gasteiger partial charge in [-0.05, 0) is 12.1 Å². The molecule has 1 aliphatic heterocycles. The highest BCUT2D eigenvalue weighted by Gasteiger charge is 2.29. The molecular formula is C9H10N4O2S. The number of nitrogen functional groups attached to an aromatic ring is 1. The Morgan fingerprint density at radius 1 is 1.50 bits per heavy atom. The van der Waals surface area contributed by atoms with E-state index in [1.807, 2.05) is 0 Å². The van der Waals surface area contributed by atoms with Gasteiger partial charge in [0, 0.05) is 0 Å². The number of nitrogens with zero attached hydrogens (tertiary/aromatic N) is 2. The Balaban J connectivity index is 2.14. The third-order valence-electron chi connectivity index (χ3n) is 2.12. The van der Waals surface area contributed by atoms with Crippen molar-refractivity contribution in [3.8, 4) is 0 Å². The molecule has 0 aliphatic carbocycles. The van der Waals surface area contributed by atoms with Crippen LogP contribution in [0.2, 0.25) is 0 Å². The minimum Gasteiger partial charge on any atom is -0.308 e. The lowest BCUT2D eigenvalue weighted by atomic mass is 10.3. The first kappa shape index (κ1) is 10.9. The van der Waals surface area contributed by atoms with E-state index in [0.717, 1.165) is 11.8 Å². The first-order valence-electron chi connectivity index (χ1n) is 4.60. The predicted molar refractivity (Wildman–Crippen MR) is 60.5 cm³/mol. The van der Waals surface area contributed by atoms with Crippen molar-refractivity contribution in [2.24, 2.45) is 5.84 Å². The molecule has 84 valence electrons. The maximum atomic E-state index is 11.4. The number of anilines is 1. The molecular weight excluding hydrogens is 228 g/mol. The zero-order valence-electron chi connectivity index (χ0n) is 8.34. The van der Waals surface area contributed by atoms with Crippen LogP contribution < -0.4 is 11.3 Å². The number of carbonyl (C=O) groups excluding carboxylic acids is 2. The molecule has 0 atom stereocenters. The molecule has 0 saturated carbocycles. The SMILES string of the molecule is NNc1cccc(CN2C(=O)CSC2=O)n1.